The van der Waals surface area contributed by atoms with Crippen molar-refractivity contribution in [3.8, 4) is 0 Å². The van der Waals surface area contributed by atoms with Gasteiger partial charge in [-0.25, -0.2) is 9.97 Å². The Labute approximate surface area is 170 Å². The van der Waals surface area contributed by atoms with Gasteiger partial charge < -0.3 is 10.3 Å². The number of H-pyrrole nitrogens is 1. The first kappa shape index (κ1) is 17.9. The smallest absolute Gasteiger partial charge is 0.178 e. The van der Waals surface area contributed by atoms with E-state index in [1.54, 1.807) is 0 Å². The summed E-state index contributed by atoms with van der Waals surface area (Å²) in [5.74, 6) is 0.902. The van der Waals surface area contributed by atoms with Crippen LogP contribution in [0.4, 0.5) is 5.69 Å². The molecule has 0 spiro atoms. The number of hydrogen-bond acceptors (Lipinski definition) is 4. The number of fused-ring (bicyclic) bond motifs is 2. The first-order valence-corrected chi connectivity index (χ1v) is 10.1. The van der Waals surface area contributed by atoms with Crippen molar-refractivity contribution in [1.82, 2.24) is 19.9 Å². The van der Waals surface area contributed by atoms with Crippen LogP contribution in [0.15, 0.2) is 60.8 Å². The maximum Gasteiger partial charge on any atom is 0.178 e. The molecule has 0 aliphatic carbocycles. The number of aromatic amines is 1. The van der Waals surface area contributed by atoms with Gasteiger partial charge in [0, 0.05) is 30.5 Å². The van der Waals surface area contributed by atoms with E-state index in [4.69, 9.17) is 0 Å². The zero-order chi connectivity index (χ0) is 19.8. The summed E-state index contributed by atoms with van der Waals surface area (Å²) in [6.45, 7) is 3.86. The molecule has 0 bridgehead atoms. The van der Waals surface area contributed by atoms with Crippen LogP contribution in [-0.4, -0.2) is 26.9 Å². The van der Waals surface area contributed by atoms with Gasteiger partial charge in [-0.05, 0) is 49.2 Å². The van der Waals surface area contributed by atoms with E-state index in [9.17, 15) is 0 Å². The van der Waals surface area contributed by atoms with Gasteiger partial charge in [-0.2, -0.15) is 0 Å². The van der Waals surface area contributed by atoms with Crippen LogP contribution in [0.5, 0.6) is 0 Å². The number of benzene rings is 2. The fourth-order valence-corrected chi connectivity index (χ4v) is 4.30. The molecule has 1 atom stereocenters. The molecular weight excluding hydrogens is 358 g/mol. The van der Waals surface area contributed by atoms with Gasteiger partial charge in [0.25, 0.3) is 0 Å². The molecule has 5 heteroatoms. The van der Waals surface area contributed by atoms with Crippen LogP contribution in [0, 0.1) is 6.92 Å². The fraction of sp³-hybridized carbons (Fsp3) is 0.250. The van der Waals surface area contributed by atoms with Crippen molar-refractivity contribution < 1.29 is 0 Å². The zero-order valence-electron chi connectivity index (χ0n) is 16.8. The third-order valence-corrected chi connectivity index (χ3v) is 5.59. The summed E-state index contributed by atoms with van der Waals surface area (Å²) in [6.07, 6.45) is 2.83. The molecule has 3 heterocycles. The standard InChI is InChI=1S/C24H25N5/c1-16-26-23-20(10-11-25-24(23)27-16)22-13-19-12-18(8-9-21(19)28-22)15-29(2)14-17-6-4-3-5-7-17/h3-12,22,28H,13-15H2,1-2H3,(H,25,26,27). The molecule has 0 radical (unpaired) electrons. The quantitative estimate of drug-likeness (QED) is 0.528. The minimum atomic E-state index is 0.243. The lowest BCUT2D eigenvalue weighted by atomic mass is 10.0. The van der Waals surface area contributed by atoms with E-state index in [1.807, 2.05) is 13.1 Å². The van der Waals surface area contributed by atoms with E-state index in [1.165, 1.54) is 27.9 Å². The topological polar surface area (TPSA) is 56.8 Å². The molecule has 0 fully saturated rings. The average Bonchev–Trinajstić information content (AvgIpc) is 3.30. The largest absolute Gasteiger partial charge is 0.378 e. The SMILES string of the molecule is Cc1nc2nccc(C3Cc4cc(CN(C)Cc5ccccc5)ccc4N3)c2[nH]1. The van der Waals surface area contributed by atoms with E-state index in [0.717, 1.165) is 36.5 Å². The predicted octanol–water partition coefficient (Wildman–Crippen LogP) is 4.61. The third kappa shape index (κ3) is 3.61. The van der Waals surface area contributed by atoms with Crippen molar-refractivity contribution in [2.24, 2.45) is 0 Å². The molecule has 0 saturated carbocycles. The van der Waals surface area contributed by atoms with E-state index < -0.39 is 0 Å². The minimum absolute atomic E-state index is 0.243. The number of imidazole rings is 1. The highest BCUT2D eigenvalue weighted by Gasteiger charge is 2.25. The molecular formula is C24H25N5. The molecule has 1 unspecified atom stereocenters. The number of nitrogens with one attached hydrogen (secondary N) is 2. The number of aryl methyl sites for hydroxylation is 1. The summed E-state index contributed by atoms with van der Waals surface area (Å²) in [5.41, 5.74) is 8.36. The highest BCUT2D eigenvalue weighted by molar-refractivity contribution is 5.77. The average molecular weight is 383 g/mol. The van der Waals surface area contributed by atoms with Gasteiger partial charge in [0.05, 0.1) is 11.6 Å². The van der Waals surface area contributed by atoms with Crippen LogP contribution in [-0.2, 0) is 19.5 Å². The van der Waals surface area contributed by atoms with E-state index in [0.29, 0.717) is 0 Å². The van der Waals surface area contributed by atoms with E-state index in [2.05, 4.69) is 86.8 Å². The Bertz CT molecular complexity index is 1150. The van der Waals surface area contributed by atoms with Crippen molar-refractivity contribution in [3.05, 3.63) is 88.9 Å². The number of aromatic nitrogens is 3. The van der Waals surface area contributed by atoms with Crippen molar-refractivity contribution in [2.45, 2.75) is 32.5 Å². The number of nitrogens with zero attached hydrogens (tertiary/aromatic N) is 3. The Hall–Kier alpha value is -3.18. The Morgan fingerprint density at radius 1 is 1.03 bits per heavy atom. The molecule has 2 aromatic carbocycles. The third-order valence-electron chi connectivity index (χ3n) is 5.59. The fourth-order valence-electron chi connectivity index (χ4n) is 4.30. The summed E-state index contributed by atoms with van der Waals surface area (Å²) >= 11 is 0. The Balaban J connectivity index is 1.32. The van der Waals surface area contributed by atoms with Crippen LogP contribution in [0.2, 0.25) is 0 Å². The molecule has 0 amide bonds. The van der Waals surface area contributed by atoms with Gasteiger partial charge in [-0.15, -0.1) is 0 Å². The highest BCUT2D eigenvalue weighted by Crippen LogP contribution is 2.36. The van der Waals surface area contributed by atoms with Crippen molar-refractivity contribution >= 4 is 16.9 Å². The monoisotopic (exact) mass is 383 g/mol. The van der Waals surface area contributed by atoms with Crippen LogP contribution in [0.1, 0.15) is 34.1 Å². The zero-order valence-corrected chi connectivity index (χ0v) is 16.8. The molecule has 29 heavy (non-hydrogen) atoms. The van der Waals surface area contributed by atoms with Gasteiger partial charge >= 0.3 is 0 Å². The molecule has 0 saturated heterocycles. The lowest BCUT2D eigenvalue weighted by Gasteiger charge is -2.17. The van der Waals surface area contributed by atoms with Crippen molar-refractivity contribution in [3.63, 3.8) is 0 Å². The normalized spacial score (nSPS) is 15.6. The van der Waals surface area contributed by atoms with Gasteiger partial charge in [0.2, 0.25) is 0 Å². The van der Waals surface area contributed by atoms with Gasteiger partial charge in [0.15, 0.2) is 5.65 Å². The lowest BCUT2D eigenvalue weighted by Crippen LogP contribution is -2.17. The van der Waals surface area contributed by atoms with Crippen LogP contribution in [0.3, 0.4) is 0 Å². The molecule has 2 N–H and O–H groups in total. The second-order valence-electron chi connectivity index (χ2n) is 7.97. The molecule has 4 aromatic rings. The molecule has 2 aromatic heterocycles. The Morgan fingerprint density at radius 2 is 1.86 bits per heavy atom. The summed E-state index contributed by atoms with van der Waals surface area (Å²) < 4.78 is 0. The number of anilines is 1. The highest BCUT2D eigenvalue weighted by atomic mass is 15.1. The van der Waals surface area contributed by atoms with Crippen LogP contribution >= 0.6 is 0 Å². The molecule has 1 aliphatic heterocycles. The number of pyridine rings is 1. The Kier molecular flexibility index (Phi) is 4.52. The van der Waals surface area contributed by atoms with E-state index in [-0.39, 0.29) is 6.04 Å². The first-order valence-electron chi connectivity index (χ1n) is 10.1. The second kappa shape index (κ2) is 7.33. The van der Waals surface area contributed by atoms with Gasteiger partial charge in [-0.3, -0.25) is 4.90 Å². The van der Waals surface area contributed by atoms with Crippen LogP contribution in [0.25, 0.3) is 11.2 Å². The van der Waals surface area contributed by atoms with Crippen molar-refractivity contribution in [1.29, 1.82) is 0 Å². The minimum Gasteiger partial charge on any atom is -0.378 e. The summed E-state index contributed by atoms with van der Waals surface area (Å²) in [6, 6.07) is 19.8. The predicted molar refractivity (Wildman–Crippen MR) is 117 cm³/mol. The molecule has 5 nitrogen and oxygen atoms in total. The molecule has 1 aliphatic rings. The van der Waals surface area contributed by atoms with E-state index >= 15 is 0 Å². The summed E-state index contributed by atoms with van der Waals surface area (Å²) in [7, 11) is 2.18. The van der Waals surface area contributed by atoms with Crippen molar-refractivity contribution in [2.75, 3.05) is 12.4 Å². The molecule has 146 valence electrons. The first-order chi connectivity index (χ1) is 14.2. The number of hydrogen-bond donors (Lipinski definition) is 2. The second-order valence-corrected chi connectivity index (χ2v) is 7.97. The number of rotatable bonds is 5. The van der Waals surface area contributed by atoms with Crippen LogP contribution < -0.4 is 5.32 Å². The Morgan fingerprint density at radius 3 is 2.72 bits per heavy atom. The summed E-state index contributed by atoms with van der Waals surface area (Å²) in [5, 5.41) is 3.68. The van der Waals surface area contributed by atoms with Gasteiger partial charge in [-0.1, -0.05) is 42.5 Å². The van der Waals surface area contributed by atoms with Gasteiger partial charge in [0.1, 0.15) is 5.82 Å². The summed E-state index contributed by atoms with van der Waals surface area (Å²) in [4.78, 5) is 14.6. The maximum atomic E-state index is 4.48. The maximum absolute atomic E-state index is 4.48. The molecule has 5 rings (SSSR count). The lowest BCUT2D eigenvalue weighted by molar-refractivity contribution is 0.319.